The van der Waals surface area contributed by atoms with Crippen molar-refractivity contribution >= 4 is 17.5 Å². The lowest BCUT2D eigenvalue weighted by molar-refractivity contribution is -0.126. The summed E-state index contributed by atoms with van der Waals surface area (Å²) < 4.78 is 27.5. The summed E-state index contributed by atoms with van der Waals surface area (Å²) in [5.74, 6) is -2.28. The molecule has 1 aromatic carbocycles. The first kappa shape index (κ1) is 16.4. The molecule has 7 heteroatoms. The van der Waals surface area contributed by atoms with E-state index in [1.165, 1.54) is 6.07 Å². The first-order valence-electron chi connectivity index (χ1n) is 7.24. The Hall–Kier alpha value is -2.02. The maximum Gasteiger partial charge on any atom is 0.249 e. The van der Waals surface area contributed by atoms with Crippen LogP contribution in [0.1, 0.15) is 19.3 Å². The van der Waals surface area contributed by atoms with E-state index in [1.54, 1.807) is 7.05 Å². The molecule has 0 aromatic heterocycles. The molecule has 1 saturated heterocycles. The fraction of sp³-hybridized carbons (Fsp3) is 0.467. The van der Waals surface area contributed by atoms with E-state index < -0.39 is 23.6 Å². The third kappa shape index (κ3) is 3.59. The van der Waals surface area contributed by atoms with Gasteiger partial charge in [-0.05, 0) is 38.6 Å². The van der Waals surface area contributed by atoms with Crippen LogP contribution in [-0.2, 0) is 9.59 Å². The molecule has 22 heavy (non-hydrogen) atoms. The molecule has 0 bridgehead atoms. The number of hydrogen-bond acceptors (Lipinski definition) is 3. The molecule has 2 amide bonds. The second-order valence-electron chi connectivity index (χ2n) is 5.18. The van der Waals surface area contributed by atoms with Crippen molar-refractivity contribution in [1.82, 2.24) is 10.6 Å². The Morgan fingerprint density at radius 1 is 1.36 bits per heavy atom. The van der Waals surface area contributed by atoms with E-state index >= 15 is 0 Å². The molecule has 1 heterocycles. The van der Waals surface area contributed by atoms with Gasteiger partial charge in [0.15, 0.2) is 0 Å². The Kier molecular flexibility index (Phi) is 5.43. The molecule has 1 aliphatic rings. The summed E-state index contributed by atoms with van der Waals surface area (Å²) in [5.41, 5.74) is -0.348. The Bertz CT molecular complexity index is 545. The molecule has 2 N–H and O–H groups in total. The number of benzene rings is 1. The SMILES string of the molecule is CNCCCC(=O)NC1CCN(c2c(F)cccc2F)C1=O. The fourth-order valence-electron chi connectivity index (χ4n) is 2.47. The first-order chi connectivity index (χ1) is 10.5. The average molecular weight is 311 g/mol. The van der Waals surface area contributed by atoms with Crippen LogP contribution in [0, 0.1) is 11.6 Å². The minimum atomic E-state index is -0.783. The first-order valence-corrected chi connectivity index (χ1v) is 7.24. The van der Waals surface area contributed by atoms with Gasteiger partial charge in [-0.3, -0.25) is 9.59 Å². The number of amides is 2. The number of rotatable bonds is 6. The van der Waals surface area contributed by atoms with Crippen LogP contribution in [-0.4, -0.2) is 38.0 Å². The van der Waals surface area contributed by atoms with Gasteiger partial charge in [0, 0.05) is 13.0 Å². The summed E-state index contributed by atoms with van der Waals surface area (Å²) in [5, 5.41) is 5.55. The lowest BCUT2D eigenvalue weighted by Crippen LogP contribution is -2.42. The van der Waals surface area contributed by atoms with Crippen molar-refractivity contribution in [3.63, 3.8) is 0 Å². The van der Waals surface area contributed by atoms with Crippen LogP contribution >= 0.6 is 0 Å². The molecule has 1 aliphatic heterocycles. The number of nitrogens with one attached hydrogen (secondary N) is 2. The minimum Gasteiger partial charge on any atom is -0.344 e. The number of halogens is 2. The van der Waals surface area contributed by atoms with Crippen LogP contribution in [0.4, 0.5) is 14.5 Å². The Balaban J connectivity index is 1.99. The van der Waals surface area contributed by atoms with Crippen molar-refractivity contribution in [2.24, 2.45) is 0 Å². The van der Waals surface area contributed by atoms with Gasteiger partial charge in [0.2, 0.25) is 11.8 Å². The van der Waals surface area contributed by atoms with Gasteiger partial charge >= 0.3 is 0 Å². The molecule has 0 saturated carbocycles. The van der Waals surface area contributed by atoms with Gasteiger partial charge in [-0.15, -0.1) is 0 Å². The van der Waals surface area contributed by atoms with E-state index in [-0.39, 0.29) is 18.1 Å². The van der Waals surface area contributed by atoms with Crippen LogP contribution in [0.2, 0.25) is 0 Å². The number of carbonyl (C=O) groups excluding carboxylic acids is 2. The predicted molar refractivity (Wildman–Crippen MR) is 78.4 cm³/mol. The van der Waals surface area contributed by atoms with E-state index in [4.69, 9.17) is 0 Å². The van der Waals surface area contributed by atoms with E-state index in [2.05, 4.69) is 10.6 Å². The zero-order valence-electron chi connectivity index (χ0n) is 12.4. The van der Waals surface area contributed by atoms with Crippen LogP contribution < -0.4 is 15.5 Å². The van der Waals surface area contributed by atoms with E-state index in [0.29, 0.717) is 25.8 Å². The smallest absolute Gasteiger partial charge is 0.249 e. The molecule has 1 atom stereocenters. The van der Waals surface area contributed by atoms with Crippen LogP contribution in [0.15, 0.2) is 18.2 Å². The number of hydrogen-bond donors (Lipinski definition) is 2. The second-order valence-corrected chi connectivity index (χ2v) is 5.18. The lowest BCUT2D eigenvalue weighted by atomic mass is 10.2. The highest BCUT2D eigenvalue weighted by molar-refractivity contribution is 6.01. The van der Waals surface area contributed by atoms with Crippen molar-refractivity contribution < 1.29 is 18.4 Å². The fourth-order valence-corrected chi connectivity index (χ4v) is 2.47. The number of nitrogens with zero attached hydrogens (tertiary/aromatic N) is 1. The maximum absolute atomic E-state index is 13.7. The van der Waals surface area contributed by atoms with Crippen molar-refractivity contribution in [3.8, 4) is 0 Å². The molecule has 1 fully saturated rings. The molecule has 0 spiro atoms. The maximum atomic E-state index is 13.7. The van der Waals surface area contributed by atoms with Crippen LogP contribution in [0.5, 0.6) is 0 Å². The normalized spacial score (nSPS) is 17.9. The molecule has 120 valence electrons. The average Bonchev–Trinajstić information content (AvgIpc) is 2.81. The number of carbonyl (C=O) groups is 2. The highest BCUT2D eigenvalue weighted by atomic mass is 19.1. The second kappa shape index (κ2) is 7.31. The molecular formula is C15H19F2N3O2. The zero-order valence-corrected chi connectivity index (χ0v) is 12.4. The predicted octanol–water partition coefficient (Wildman–Crippen LogP) is 1.19. The van der Waals surface area contributed by atoms with Gasteiger partial charge < -0.3 is 15.5 Å². The summed E-state index contributed by atoms with van der Waals surface area (Å²) in [6.07, 6.45) is 1.30. The van der Waals surface area contributed by atoms with Gasteiger partial charge in [0.1, 0.15) is 23.4 Å². The van der Waals surface area contributed by atoms with Crippen molar-refractivity contribution in [2.45, 2.75) is 25.3 Å². The van der Waals surface area contributed by atoms with Gasteiger partial charge in [-0.25, -0.2) is 8.78 Å². The van der Waals surface area contributed by atoms with Crippen LogP contribution in [0.25, 0.3) is 0 Å². The monoisotopic (exact) mass is 311 g/mol. The van der Waals surface area contributed by atoms with Gasteiger partial charge in [0.25, 0.3) is 0 Å². The van der Waals surface area contributed by atoms with E-state index in [0.717, 1.165) is 17.0 Å². The van der Waals surface area contributed by atoms with Crippen molar-refractivity contribution in [3.05, 3.63) is 29.8 Å². The quantitative estimate of drug-likeness (QED) is 0.776. The highest BCUT2D eigenvalue weighted by Gasteiger charge is 2.35. The third-order valence-corrected chi connectivity index (χ3v) is 3.58. The summed E-state index contributed by atoms with van der Waals surface area (Å²) in [6.45, 7) is 0.886. The summed E-state index contributed by atoms with van der Waals surface area (Å²) >= 11 is 0. The molecule has 5 nitrogen and oxygen atoms in total. The van der Waals surface area contributed by atoms with Gasteiger partial charge in [0.05, 0.1) is 0 Å². The zero-order chi connectivity index (χ0) is 16.1. The summed E-state index contributed by atoms with van der Waals surface area (Å²) in [4.78, 5) is 25.0. The molecule has 0 radical (unpaired) electrons. The van der Waals surface area contributed by atoms with E-state index in [9.17, 15) is 18.4 Å². The Morgan fingerprint density at radius 3 is 2.68 bits per heavy atom. The van der Waals surface area contributed by atoms with Gasteiger partial charge in [-0.2, -0.15) is 0 Å². The molecule has 0 aliphatic carbocycles. The largest absolute Gasteiger partial charge is 0.344 e. The molecular weight excluding hydrogens is 292 g/mol. The standard InChI is InChI=1S/C15H19F2N3O2/c1-18-8-3-6-13(21)19-12-7-9-20(15(12)22)14-10(16)4-2-5-11(14)17/h2,4-5,12,18H,3,6-9H2,1H3,(H,19,21). The highest BCUT2D eigenvalue weighted by Crippen LogP contribution is 2.27. The Morgan fingerprint density at radius 2 is 2.05 bits per heavy atom. The van der Waals surface area contributed by atoms with Crippen LogP contribution in [0.3, 0.4) is 0 Å². The minimum absolute atomic E-state index is 0.179. The third-order valence-electron chi connectivity index (χ3n) is 3.58. The lowest BCUT2D eigenvalue weighted by Gasteiger charge is -2.18. The van der Waals surface area contributed by atoms with E-state index in [1.807, 2.05) is 0 Å². The number of anilines is 1. The molecule has 1 aromatic rings. The topological polar surface area (TPSA) is 61.4 Å². The van der Waals surface area contributed by atoms with Crippen molar-refractivity contribution in [1.29, 1.82) is 0 Å². The van der Waals surface area contributed by atoms with Gasteiger partial charge in [-0.1, -0.05) is 6.07 Å². The van der Waals surface area contributed by atoms with Crippen molar-refractivity contribution in [2.75, 3.05) is 25.0 Å². The Labute approximate surface area is 127 Å². The number of para-hydroxylation sites is 1. The molecule has 1 unspecified atom stereocenters. The summed E-state index contributed by atoms with van der Waals surface area (Å²) in [7, 11) is 1.79. The molecule has 2 rings (SSSR count). The summed E-state index contributed by atoms with van der Waals surface area (Å²) in [6, 6.07) is 2.74.